The SMILES string of the molecule is O=C(O)COC[C@H](O)[C@H](O)C=CC#CCCC=C[C@H](O)COc1ccc(F)cc1. The van der Waals surface area contributed by atoms with Crippen LogP contribution in [0.2, 0.25) is 0 Å². The molecule has 1 aromatic rings. The Kier molecular flexibility index (Phi) is 12.0. The quantitative estimate of drug-likeness (QED) is 0.234. The third-order valence-electron chi connectivity index (χ3n) is 3.42. The maximum Gasteiger partial charge on any atom is 0.329 e. The lowest BCUT2D eigenvalue weighted by atomic mass is 10.2. The fourth-order valence-electron chi connectivity index (χ4n) is 1.95. The number of ether oxygens (including phenoxy) is 2. The minimum Gasteiger partial charge on any atom is -0.491 e. The molecule has 4 N–H and O–H groups in total. The molecule has 0 bridgehead atoms. The van der Waals surface area contributed by atoms with E-state index in [0.29, 0.717) is 18.6 Å². The molecule has 29 heavy (non-hydrogen) atoms. The summed E-state index contributed by atoms with van der Waals surface area (Å²) in [6, 6.07) is 5.51. The summed E-state index contributed by atoms with van der Waals surface area (Å²) < 4.78 is 22.8. The summed E-state index contributed by atoms with van der Waals surface area (Å²) in [6.07, 6.45) is 3.88. The number of aliphatic hydroxyl groups excluding tert-OH is 3. The van der Waals surface area contributed by atoms with Crippen LogP contribution in [0.25, 0.3) is 0 Å². The van der Waals surface area contributed by atoms with Crippen LogP contribution < -0.4 is 4.74 Å². The number of hydrogen-bond acceptors (Lipinski definition) is 6. The molecule has 1 rings (SSSR count). The molecular formula is C21H25FO7. The molecule has 0 aliphatic heterocycles. The third-order valence-corrected chi connectivity index (χ3v) is 3.42. The number of hydrogen-bond donors (Lipinski definition) is 4. The predicted molar refractivity (Wildman–Crippen MR) is 104 cm³/mol. The van der Waals surface area contributed by atoms with Crippen LogP contribution in [0.4, 0.5) is 4.39 Å². The molecule has 0 aliphatic carbocycles. The monoisotopic (exact) mass is 408 g/mol. The summed E-state index contributed by atoms with van der Waals surface area (Å²) in [6.45, 7) is -0.802. The van der Waals surface area contributed by atoms with Crippen molar-refractivity contribution in [2.24, 2.45) is 0 Å². The number of carbonyl (C=O) groups is 1. The number of halogens is 1. The van der Waals surface area contributed by atoms with E-state index in [2.05, 4.69) is 16.6 Å². The lowest BCUT2D eigenvalue weighted by Gasteiger charge is -2.13. The number of benzene rings is 1. The number of carboxylic acids is 1. The smallest absolute Gasteiger partial charge is 0.329 e. The van der Waals surface area contributed by atoms with Gasteiger partial charge in [-0.1, -0.05) is 24.0 Å². The molecule has 8 heteroatoms. The number of rotatable bonds is 12. The van der Waals surface area contributed by atoms with Gasteiger partial charge >= 0.3 is 5.97 Å². The summed E-state index contributed by atoms with van der Waals surface area (Å²) in [7, 11) is 0. The van der Waals surface area contributed by atoms with Crippen molar-refractivity contribution in [2.45, 2.75) is 31.2 Å². The molecule has 0 saturated heterocycles. The van der Waals surface area contributed by atoms with Gasteiger partial charge in [0.2, 0.25) is 0 Å². The van der Waals surface area contributed by atoms with Crippen molar-refractivity contribution in [3.8, 4) is 17.6 Å². The molecule has 158 valence electrons. The molecule has 0 heterocycles. The summed E-state index contributed by atoms with van der Waals surface area (Å²) in [5.74, 6) is 4.49. The number of aliphatic hydroxyl groups is 3. The van der Waals surface area contributed by atoms with Crippen molar-refractivity contribution in [1.29, 1.82) is 0 Å². The molecule has 0 amide bonds. The van der Waals surface area contributed by atoms with Crippen LogP contribution in [0, 0.1) is 17.7 Å². The predicted octanol–water partition coefficient (Wildman–Crippen LogP) is 1.28. The molecule has 0 saturated carbocycles. The second-order valence-corrected chi connectivity index (χ2v) is 5.95. The Bertz CT molecular complexity index is 719. The topological polar surface area (TPSA) is 116 Å². The molecule has 0 fully saturated rings. The number of aliphatic carboxylic acids is 1. The normalized spacial score (nSPS) is 14.3. The van der Waals surface area contributed by atoms with Crippen molar-refractivity contribution < 1.29 is 39.1 Å². The first-order chi connectivity index (χ1) is 13.9. The number of carboxylic acid groups (broad SMARTS) is 1. The highest BCUT2D eigenvalue weighted by atomic mass is 19.1. The van der Waals surface area contributed by atoms with Gasteiger partial charge in [0.1, 0.15) is 43.1 Å². The van der Waals surface area contributed by atoms with E-state index >= 15 is 0 Å². The first-order valence-electron chi connectivity index (χ1n) is 8.92. The van der Waals surface area contributed by atoms with Gasteiger partial charge in [0, 0.05) is 6.42 Å². The van der Waals surface area contributed by atoms with Gasteiger partial charge in [-0.15, -0.1) is 0 Å². The van der Waals surface area contributed by atoms with Gasteiger partial charge in [-0.3, -0.25) is 0 Å². The van der Waals surface area contributed by atoms with E-state index in [1.54, 1.807) is 12.2 Å². The van der Waals surface area contributed by atoms with E-state index in [1.807, 2.05) is 0 Å². The van der Waals surface area contributed by atoms with E-state index in [9.17, 15) is 24.5 Å². The second kappa shape index (κ2) is 14.3. The number of unbranched alkanes of at least 4 members (excludes halogenated alkanes) is 1. The van der Waals surface area contributed by atoms with E-state index in [1.165, 1.54) is 36.4 Å². The lowest BCUT2D eigenvalue weighted by molar-refractivity contribution is -0.143. The molecule has 0 radical (unpaired) electrons. The molecule has 0 spiro atoms. The van der Waals surface area contributed by atoms with Crippen molar-refractivity contribution in [1.82, 2.24) is 0 Å². The van der Waals surface area contributed by atoms with Gasteiger partial charge in [-0.2, -0.15) is 0 Å². The fourth-order valence-corrected chi connectivity index (χ4v) is 1.95. The van der Waals surface area contributed by atoms with E-state index in [0.717, 1.165) is 0 Å². The zero-order valence-corrected chi connectivity index (χ0v) is 15.8. The Labute approximate surface area is 168 Å². The zero-order chi connectivity index (χ0) is 21.5. The van der Waals surface area contributed by atoms with Crippen LogP contribution in [0.1, 0.15) is 12.8 Å². The van der Waals surface area contributed by atoms with Gasteiger partial charge < -0.3 is 29.9 Å². The number of allylic oxidation sites excluding steroid dienone is 2. The molecule has 0 aliphatic rings. The molecule has 7 nitrogen and oxygen atoms in total. The summed E-state index contributed by atoms with van der Waals surface area (Å²) in [5.41, 5.74) is 0. The van der Waals surface area contributed by atoms with Crippen LogP contribution in [0.3, 0.4) is 0 Å². The summed E-state index contributed by atoms with van der Waals surface area (Å²) in [5, 5.41) is 37.4. The van der Waals surface area contributed by atoms with Crippen LogP contribution in [-0.4, -0.2) is 64.5 Å². The van der Waals surface area contributed by atoms with Crippen LogP contribution >= 0.6 is 0 Å². The van der Waals surface area contributed by atoms with Crippen LogP contribution in [-0.2, 0) is 9.53 Å². The average molecular weight is 408 g/mol. The highest BCUT2D eigenvalue weighted by Crippen LogP contribution is 2.11. The van der Waals surface area contributed by atoms with Gasteiger partial charge in [0.25, 0.3) is 0 Å². The summed E-state index contributed by atoms with van der Waals surface area (Å²) >= 11 is 0. The first-order valence-corrected chi connectivity index (χ1v) is 8.92. The maximum absolute atomic E-state index is 12.8. The fraction of sp³-hybridized carbons (Fsp3) is 0.381. The highest BCUT2D eigenvalue weighted by Gasteiger charge is 2.13. The Morgan fingerprint density at radius 2 is 1.86 bits per heavy atom. The largest absolute Gasteiger partial charge is 0.491 e. The minimum atomic E-state index is -1.24. The van der Waals surface area contributed by atoms with Crippen molar-refractivity contribution in [3.05, 3.63) is 54.4 Å². The van der Waals surface area contributed by atoms with Gasteiger partial charge in [0.15, 0.2) is 0 Å². The maximum atomic E-state index is 12.8. The standard InChI is InChI=1S/C21H25FO7/c22-16-9-11-18(12-10-16)29-13-17(23)7-5-3-1-2-4-6-8-19(24)20(25)14-28-15-21(26)27/h5-12,17,19-20,23-25H,1,3,13-15H2,(H,26,27)/t17-,19+,20-/m0/s1. The van der Waals surface area contributed by atoms with E-state index < -0.39 is 30.9 Å². The lowest BCUT2D eigenvalue weighted by Crippen LogP contribution is -2.29. The Balaban J connectivity index is 2.18. The van der Waals surface area contributed by atoms with E-state index in [-0.39, 0.29) is 19.0 Å². The molecular weight excluding hydrogens is 383 g/mol. The molecule has 0 aromatic heterocycles. The highest BCUT2D eigenvalue weighted by molar-refractivity contribution is 5.67. The van der Waals surface area contributed by atoms with Gasteiger partial charge in [-0.25, -0.2) is 9.18 Å². The van der Waals surface area contributed by atoms with Crippen molar-refractivity contribution >= 4 is 5.97 Å². The second-order valence-electron chi connectivity index (χ2n) is 5.95. The first kappa shape index (κ1) is 24.3. The Hall–Kier alpha value is -2.70. The molecule has 3 atom stereocenters. The Morgan fingerprint density at radius 3 is 2.55 bits per heavy atom. The van der Waals surface area contributed by atoms with Gasteiger partial charge in [-0.05, 0) is 42.8 Å². The minimum absolute atomic E-state index is 0.0486. The average Bonchev–Trinajstić information content (AvgIpc) is 2.69. The van der Waals surface area contributed by atoms with Crippen LogP contribution in [0.15, 0.2) is 48.6 Å². The molecule has 0 unspecified atom stereocenters. The van der Waals surface area contributed by atoms with Crippen LogP contribution in [0.5, 0.6) is 5.75 Å². The van der Waals surface area contributed by atoms with Crippen molar-refractivity contribution in [3.63, 3.8) is 0 Å². The van der Waals surface area contributed by atoms with Crippen molar-refractivity contribution in [2.75, 3.05) is 19.8 Å². The Morgan fingerprint density at radius 1 is 1.14 bits per heavy atom. The van der Waals surface area contributed by atoms with E-state index in [4.69, 9.17) is 9.84 Å². The molecule has 1 aromatic carbocycles. The summed E-state index contributed by atoms with van der Waals surface area (Å²) in [4.78, 5) is 10.3. The third kappa shape index (κ3) is 12.4. The van der Waals surface area contributed by atoms with Gasteiger partial charge in [0.05, 0.1) is 6.61 Å². The zero-order valence-electron chi connectivity index (χ0n) is 15.8.